The van der Waals surface area contributed by atoms with Crippen LogP contribution in [0.2, 0.25) is 0 Å². The molecule has 1 aromatic rings. The maximum atomic E-state index is 12.1. The highest BCUT2D eigenvalue weighted by molar-refractivity contribution is 7.91. The highest BCUT2D eigenvalue weighted by atomic mass is 35.5. The smallest absolute Gasteiger partial charge is 0.206 e. The zero-order chi connectivity index (χ0) is 13.1. The van der Waals surface area contributed by atoms with Crippen molar-refractivity contribution in [3.05, 3.63) is 17.0 Å². The van der Waals surface area contributed by atoms with Gasteiger partial charge in [-0.15, -0.1) is 34.5 Å². The fourth-order valence-corrected chi connectivity index (χ4v) is 4.44. The fraction of sp³-hybridized carbons (Fsp3) is 0.600. The molecular weight excluding hydrogens is 301 g/mol. The van der Waals surface area contributed by atoms with Crippen molar-refractivity contribution in [2.24, 2.45) is 0 Å². The second-order valence-corrected chi connectivity index (χ2v) is 7.62. The molecule has 0 aromatic carbocycles. The van der Waals surface area contributed by atoms with Gasteiger partial charge in [-0.2, -0.15) is 0 Å². The number of thiophene rings is 1. The Kier molecular flexibility index (Phi) is 5.28. The molecule has 1 N–H and O–H groups in total. The molecule has 0 amide bonds. The van der Waals surface area contributed by atoms with Gasteiger partial charge in [0.25, 0.3) is 10.0 Å². The predicted molar refractivity (Wildman–Crippen MR) is 73.9 cm³/mol. The number of halogens is 2. The number of alkyl halides is 2. The van der Waals surface area contributed by atoms with Crippen LogP contribution in [0.1, 0.15) is 18.7 Å². The lowest BCUT2D eigenvalue weighted by Crippen LogP contribution is -2.48. The van der Waals surface area contributed by atoms with Crippen LogP contribution in [0.25, 0.3) is 0 Å². The molecule has 98 valence electrons. The summed E-state index contributed by atoms with van der Waals surface area (Å²) in [6.07, 6.45) is 0.822. The average Bonchev–Trinajstić information content (AvgIpc) is 2.77. The van der Waals surface area contributed by atoms with Crippen molar-refractivity contribution in [3.8, 4) is 0 Å². The van der Waals surface area contributed by atoms with Crippen molar-refractivity contribution in [2.75, 3.05) is 11.8 Å². The van der Waals surface area contributed by atoms with E-state index in [-0.39, 0.29) is 11.8 Å². The molecule has 0 aliphatic carbocycles. The largest absolute Gasteiger partial charge is 0.250 e. The third-order valence-corrected chi connectivity index (χ3v) is 6.76. The molecule has 0 radical (unpaired) electrons. The Morgan fingerprint density at radius 3 is 2.35 bits per heavy atom. The zero-order valence-electron chi connectivity index (χ0n) is 9.66. The molecule has 0 unspecified atom stereocenters. The Morgan fingerprint density at radius 1 is 1.35 bits per heavy atom. The summed E-state index contributed by atoms with van der Waals surface area (Å²) in [5.41, 5.74) is -0.821. The lowest BCUT2D eigenvalue weighted by Gasteiger charge is -2.24. The number of nitrogens with one attached hydrogen (secondary N) is 1. The Hall–Kier alpha value is 0.190. The first-order valence-electron chi connectivity index (χ1n) is 5.11. The van der Waals surface area contributed by atoms with Gasteiger partial charge in [-0.25, -0.2) is 13.1 Å². The van der Waals surface area contributed by atoms with E-state index in [1.54, 1.807) is 13.0 Å². The molecule has 3 nitrogen and oxygen atoms in total. The van der Waals surface area contributed by atoms with E-state index < -0.39 is 15.6 Å². The molecule has 0 aliphatic heterocycles. The maximum Gasteiger partial charge on any atom is 0.250 e. The SMILES string of the molecule is CCc1ccc(S(=O)(=O)NC(C)(CCl)CCl)s1. The second-order valence-electron chi connectivity index (χ2n) is 4.01. The fourth-order valence-electron chi connectivity index (χ4n) is 1.16. The van der Waals surface area contributed by atoms with Gasteiger partial charge < -0.3 is 0 Å². The highest BCUT2D eigenvalue weighted by Crippen LogP contribution is 2.23. The molecule has 1 heterocycles. The van der Waals surface area contributed by atoms with Gasteiger partial charge >= 0.3 is 0 Å². The van der Waals surface area contributed by atoms with Crippen molar-refractivity contribution in [3.63, 3.8) is 0 Å². The van der Waals surface area contributed by atoms with Gasteiger partial charge in [-0.1, -0.05) is 6.92 Å². The minimum absolute atomic E-state index is 0.127. The summed E-state index contributed by atoms with van der Waals surface area (Å²) < 4.78 is 27.0. The van der Waals surface area contributed by atoms with Crippen LogP contribution in [0.3, 0.4) is 0 Å². The van der Waals surface area contributed by atoms with E-state index in [1.165, 1.54) is 11.3 Å². The molecular formula is C10H15Cl2NO2S2. The van der Waals surface area contributed by atoms with Gasteiger partial charge in [0, 0.05) is 16.6 Å². The van der Waals surface area contributed by atoms with Crippen LogP contribution in [-0.4, -0.2) is 25.7 Å². The third-order valence-electron chi connectivity index (χ3n) is 2.22. The predicted octanol–water partition coefficient (Wildman–Crippen LogP) is 2.83. The molecule has 0 aliphatic rings. The summed E-state index contributed by atoms with van der Waals surface area (Å²) in [5.74, 6) is 0.253. The minimum Gasteiger partial charge on any atom is -0.206 e. The van der Waals surface area contributed by atoms with E-state index in [0.717, 1.165) is 11.3 Å². The van der Waals surface area contributed by atoms with Crippen molar-refractivity contribution in [1.82, 2.24) is 4.72 Å². The first kappa shape index (κ1) is 15.2. The van der Waals surface area contributed by atoms with Crippen LogP contribution in [0, 0.1) is 0 Å². The summed E-state index contributed by atoms with van der Waals surface area (Å²) >= 11 is 12.7. The minimum atomic E-state index is -3.53. The van der Waals surface area contributed by atoms with Gasteiger partial charge in [0.05, 0.1) is 5.54 Å². The molecule has 17 heavy (non-hydrogen) atoms. The van der Waals surface area contributed by atoms with Crippen molar-refractivity contribution < 1.29 is 8.42 Å². The lowest BCUT2D eigenvalue weighted by molar-refractivity contribution is 0.501. The average molecular weight is 316 g/mol. The first-order valence-corrected chi connectivity index (χ1v) is 8.48. The molecule has 1 rings (SSSR count). The van der Waals surface area contributed by atoms with E-state index >= 15 is 0 Å². The van der Waals surface area contributed by atoms with Gasteiger partial charge in [0.1, 0.15) is 4.21 Å². The van der Waals surface area contributed by atoms with E-state index in [1.807, 2.05) is 13.0 Å². The summed E-state index contributed by atoms with van der Waals surface area (Å²) in [4.78, 5) is 1.03. The normalized spacial score (nSPS) is 12.9. The van der Waals surface area contributed by atoms with Gasteiger partial charge in [-0.3, -0.25) is 0 Å². The summed E-state index contributed by atoms with van der Waals surface area (Å²) in [7, 11) is -3.53. The summed E-state index contributed by atoms with van der Waals surface area (Å²) in [5, 5.41) is 0. The van der Waals surface area contributed by atoms with Gasteiger partial charge in [0.2, 0.25) is 0 Å². The molecule has 0 saturated carbocycles. The van der Waals surface area contributed by atoms with Gasteiger partial charge in [-0.05, 0) is 25.5 Å². The number of sulfonamides is 1. The zero-order valence-corrected chi connectivity index (χ0v) is 12.8. The summed E-state index contributed by atoms with van der Waals surface area (Å²) in [6, 6.07) is 3.42. The van der Waals surface area contributed by atoms with Crippen molar-refractivity contribution in [2.45, 2.75) is 30.0 Å². The molecule has 0 bridgehead atoms. The van der Waals surface area contributed by atoms with Crippen molar-refractivity contribution >= 4 is 44.6 Å². The molecule has 0 saturated heterocycles. The van der Waals surface area contributed by atoms with Crippen LogP contribution in [0.5, 0.6) is 0 Å². The van der Waals surface area contributed by atoms with E-state index in [0.29, 0.717) is 4.21 Å². The first-order chi connectivity index (χ1) is 7.87. The second kappa shape index (κ2) is 5.89. The Morgan fingerprint density at radius 2 is 1.94 bits per heavy atom. The van der Waals surface area contributed by atoms with Crippen molar-refractivity contribution in [1.29, 1.82) is 0 Å². The van der Waals surface area contributed by atoms with Crippen LogP contribution in [-0.2, 0) is 16.4 Å². The number of aryl methyl sites for hydroxylation is 1. The topological polar surface area (TPSA) is 46.2 Å². The summed E-state index contributed by atoms with van der Waals surface area (Å²) in [6.45, 7) is 3.66. The van der Waals surface area contributed by atoms with Crippen LogP contribution < -0.4 is 4.72 Å². The quantitative estimate of drug-likeness (QED) is 0.820. The standard InChI is InChI=1S/C10H15Cl2NO2S2/c1-3-8-4-5-9(16-8)17(14,15)13-10(2,6-11)7-12/h4-5,13H,3,6-7H2,1-2H3. The third kappa shape index (κ3) is 3.83. The number of hydrogen-bond donors (Lipinski definition) is 1. The van der Waals surface area contributed by atoms with Crippen LogP contribution >= 0.6 is 34.5 Å². The number of hydrogen-bond acceptors (Lipinski definition) is 3. The molecule has 7 heteroatoms. The Balaban J connectivity index is 2.96. The van der Waals surface area contributed by atoms with Crippen LogP contribution in [0.15, 0.2) is 16.3 Å². The Labute approximate surface area is 116 Å². The van der Waals surface area contributed by atoms with E-state index in [2.05, 4.69) is 4.72 Å². The number of rotatable bonds is 6. The van der Waals surface area contributed by atoms with E-state index in [4.69, 9.17) is 23.2 Å². The Bertz CT molecular complexity index is 466. The molecule has 0 spiro atoms. The van der Waals surface area contributed by atoms with E-state index in [9.17, 15) is 8.42 Å². The van der Waals surface area contributed by atoms with Gasteiger partial charge in [0.15, 0.2) is 0 Å². The highest BCUT2D eigenvalue weighted by Gasteiger charge is 2.30. The monoisotopic (exact) mass is 315 g/mol. The maximum absolute atomic E-state index is 12.1. The molecule has 0 fully saturated rings. The molecule has 1 aromatic heterocycles. The molecule has 0 atom stereocenters. The van der Waals surface area contributed by atoms with Crippen LogP contribution in [0.4, 0.5) is 0 Å². The lowest BCUT2D eigenvalue weighted by atomic mass is 10.1.